The quantitative estimate of drug-likeness (QED) is 0.821. The molecule has 1 saturated heterocycles. The third-order valence-electron chi connectivity index (χ3n) is 4.19. The maximum atomic E-state index is 12.3. The molecule has 1 N–H and O–H groups in total. The van der Waals surface area contributed by atoms with Crippen LogP contribution in [0.5, 0.6) is 11.5 Å². The van der Waals surface area contributed by atoms with Gasteiger partial charge in [-0.2, -0.15) is 0 Å². The van der Waals surface area contributed by atoms with Gasteiger partial charge < -0.3 is 19.7 Å². The summed E-state index contributed by atoms with van der Waals surface area (Å²) in [5.74, 6) is 1.15. The molecule has 1 atom stereocenters. The van der Waals surface area contributed by atoms with Gasteiger partial charge in [0.2, 0.25) is 11.8 Å². The second-order valence-corrected chi connectivity index (χ2v) is 5.94. The van der Waals surface area contributed by atoms with Crippen molar-refractivity contribution in [3.63, 3.8) is 0 Å². The molecule has 2 heterocycles. The molecule has 136 valence electrons. The second-order valence-electron chi connectivity index (χ2n) is 5.94. The fraction of sp³-hybridized carbons (Fsp3) is 0.316. The normalized spacial score (nSPS) is 16.4. The number of nitrogens with one attached hydrogen (secondary N) is 1. The second kappa shape index (κ2) is 8.33. The van der Waals surface area contributed by atoms with Crippen LogP contribution in [0.3, 0.4) is 0 Å². The van der Waals surface area contributed by atoms with E-state index in [4.69, 9.17) is 9.47 Å². The molecular formula is C19H21N3O4. The predicted molar refractivity (Wildman–Crippen MR) is 96.0 cm³/mol. The van der Waals surface area contributed by atoms with Gasteiger partial charge in [0.25, 0.3) is 0 Å². The molecule has 1 aromatic heterocycles. The molecule has 1 aliphatic rings. The highest BCUT2D eigenvalue weighted by Gasteiger charge is 2.34. The first-order valence-electron chi connectivity index (χ1n) is 8.43. The summed E-state index contributed by atoms with van der Waals surface area (Å²) in [5, 5.41) is 2.75. The Morgan fingerprint density at radius 2 is 2.00 bits per heavy atom. The lowest BCUT2D eigenvalue weighted by molar-refractivity contribution is -0.128. The van der Waals surface area contributed by atoms with Gasteiger partial charge in [-0.15, -0.1) is 0 Å². The minimum Gasteiger partial charge on any atom is -0.493 e. The van der Waals surface area contributed by atoms with E-state index in [1.54, 1.807) is 36.4 Å². The van der Waals surface area contributed by atoms with Gasteiger partial charge in [-0.3, -0.25) is 9.59 Å². The third kappa shape index (κ3) is 4.30. The molecule has 0 bridgehead atoms. The van der Waals surface area contributed by atoms with Crippen LogP contribution < -0.4 is 14.8 Å². The first-order valence-corrected chi connectivity index (χ1v) is 8.43. The van der Waals surface area contributed by atoms with Crippen molar-refractivity contribution >= 4 is 17.6 Å². The molecular weight excluding hydrogens is 334 g/mol. The lowest BCUT2D eigenvalue weighted by atomic mass is 10.1. The van der Waals surface area contributed by atoms with Crippen LogP contribution in [0, 0.1) is 5.92 Å². The summed E-state index contributed by atoms with van der Waals surface area (Å²) in [4.78, 5) is 30.2. The van der Waals surface area contributed by atoms with Gasteiger partial charge in [0, 0.05) is 19.2 Å². The molecule has 0 radical (unpaired) electrons. The molecule has 2 aromatic rings. The van der Waals surface area contributed by atoms with Crippen LogP contribution in [0.1, 0.15) is 6.42 Å². The number of methoxy groups -OCH3 is 1. The van der Waals surface area contributed by atoms with Gasteiger partial charge in [0.1, 0.15) is 12.4 Å². The van der Waals surface area contributed by atoms with Gasteiger partial charge in [0.15, 0.2) is 11.5 Å². The number of carbonyl (C=O) groups excluding carboxylic acids is 2. The summed E-state index contributed by atoms with van der Waals surface area (Å²) in [6, 6.07) is 12.6. The average molecular weight is 355 g/mol. The fourth-order valence-electron chi connectivity index (χ4n) is 2.83. The smallest absolute Gasteiger partial charge is 0.230 e. The monoisotopic (exact) mass is 355 g/mol. The number of hydrogen-bond donors (Lipinski definition) is 1. The van der Waals surface area contributed by atoms with Crippen LogP contribution in [-0.2, 0) is 9.59 Å². The molecule has 26 heavy (non-hydrogen) atoms. The van der Waals surface area contributed by atoms with Crippen LogP contribution in [0.4, 0.5) is 5.82 Å². The first-order chi connectivity index (χ1) is 12.7. The van der Waals surface area contributed by atoms with E-state index < -0.39 is 0 Å². The molecule has 1 aliphatic heterocycles. The average Bonchev–Trinajstić information content (AvgIpc) is 3.04. The van der Waals surface area contributed by atoms with E-state index >= 15 is 0 Å². The molecule has 1 fully saturated rings. The number of carbonyl (C=O) groups is 2. The number of rotatable bonds is 7. The van der Waals surface area contributed by atoms with E-state index in [1.807, 2.05) is 24.3 Å². The number of aromatic nitrogens is 1. The van der Waals surface area contributed by atoms with E-state index in [0.717, 1.165) is 0 Å². The standard InChI is InChI=1S/C19H21N3O4/c1-25-15-6-2-3-7-16(15)26-11-10-22-13-14(12-18(22)23)19(24)21-17-8-4-5-9-20-17/h2-9,14H,10-13H2,1H3,(H,20,21,24). The molecule has 0 aliphatic carbocycles. The number of pyridine rings is 1. The number of amides is 2. The number of likely N-dealkylation sites (tertiary alicyclic amines) is 1. The maximum Gasteiger partial charge on any atom is 0.230 e. The highest BCUT2D eigenvalue weighted by Crippen LogP contribution is 2.26. The van der Waals surface area contributed by atoms with Crippen molar-refractivity contribution in [1.29, 1.82) is 0 Å². The molecule has 0 spiro atoms. The summed E-state index contributed by atoms with van der Waals surface area (Å²) in [5.41, 5.74) is 0. The number of nitrogens with zero attached hydrogens (tertiary/aromatic N) is 2. The maximum absolute atomic E-state index is 12.3. The van der Waals surface area contributed by atoms with Crippen LogP contribution in [-0.4, -0.2) is 48.5 Å². The SMILES string of the molecule is COc1ccccc1OCCN1CC(C(=O)Nc2ccccn2)CC1=O. The number of hydrogen-bond acceptors (Lipinski definition) is 5. The minimum atomic E-state index is -0.379. The molecule has 3 rings (SSSR count). The van der Waals surface area contributed by atoms with Gasteiger partial charge in [-0.1, -0.05) is 18.2 Å². The Balaban J connectivity index is 1.49. The van der Waals surface area contributed by atoms with E-state index in [2.05, 4.69) is 10.3 Å². The Kier molecular flexibility index (Phi) is 5.68. The third-order valence-corrected chi connectivity index (χ3v) is 4.19. The molecule has 7 heteroatoms. The topological polar surface area (TPSA) is 80.8 Å². The van der Waals surface area contributed by atoms with Crippen molar-refractivity contribution in [3.8, 4) is 11.5 Å². The Bertz CT molecular complexity index is 766. The van der Waals surface area contributed by atoms with Crippen molar-refractivity contribution in [2.24, 2.45) is 5.92 Å². The number of para-hydroxylation sites is 2. The Morgan fingerprint density at radius 3 is 2.73 bits per heavy atom. The summed E-state index contributed by atoms with van der Waals surface area (Å²) in [6.45, 7) is 1.14. The summed E-state index contributed by atoms with van der Waals surface area (Å²) < 4.78 is 10.9. The van der Waals surface area contributed by atoms with Crippen molar-refractivity contribution in [2.75, 3.05) is 32.1 Å². The van der Waals surface area contributed by atoms with Crippen molar-refractivity contribution in [3.05, 3.63) is 48.7 Å². The van der Waals surface area contributed by atoms with E-state index in [9.17, 15) is 9.59 Å². The Labute approximate surface area is 151 Å². The number of ether oxygens (including phenoxy) is 2. The molecule has 7 nitrogen and oxygen atoms in total. The Morgan fingerprint density at radius 1 is 1.23 bits per heavy atom. The zero-order valence-electron chi connectivity index (χ0n) is 14.6. The van der Waals surface area contributed by atoms with Gasteiger partial charge in [-0.05, 0) is 24.3 Å². The lowest BCUT2D eigenvalue weighted by Gasteiger charge is -2.17. The molecule has 2 amide bonds. The van der Waals surface area contributed by atoms with Crippen LogP contribution in [0.25, 0.3) is 0 Å². The fourth-order valence-corrected chi connectivity index (χ4v) is 2.83. The van der Waals surface area contributed by atoms with E-state index in [1.165, 1.54) is 0 Å². The Hall–Kier alpha value is -3.09. The summed E-state index contributed by atoms with van der Waals surface area (Å²) in [7, 11) is 1.58. The van der Waals surface area contributed by atoms with Gasteiger partial charge >= 0.3 is 0 Å². The minimum absolute atomic E-state index is 0.0465. The first kappa shape index (κ1) is 17.7. The molecule has 1 unspecified atom stereocenters. The van der Waals surface area contributed by atoms with E-state index in [-0.39, 0.29) is 24.2 Å². The van der Waals surface area contributed by atoms with Crippen LogP contribution in [0.2, 0.25) is 0 Å². The summed E-state index contributed by atoms with van der Waals surface area (Å²) >= 11 is 0. The lowest BCUT2D eigenvalue weighted by Crippen LogP contribution is -2.31. The van der Waals surface area contributed by atoms with Crippen molar-refractivity contribution < 1.29 is 19.1 Å². The highest BCUT2D eigenvalue weighted by molar-refractivity contribution is 5.96. The number of benzene rings is 1. The molecule has 1 aromatic carbocycles. The van der Waals surface area contributed by atoms with Crippen molar-refractivity contribution in [2.45, 2.75) is 6.42 Å². The largest absolute Gasteiger partial charge is 0.493 e. The van der Waals surface area contributed by atoms with Crippen molar-refractivity contribution in [1.82, 2.24) is 9.88 Å². The van der Waals surface area contributed by atoms with E-state index in [0.29, 0.717) is 37.0 Å². The number of anilines is 1. The van der Waals surface area contributed by atoms with Crippen LogP contribution >= 0.6 is 0 Å². The highest BCUT2D eigenvalue weighted by atomic mass is 16.5. The van der Waals surface area contributed by atoms with Gasteiger partial charge in [-0.25, -0.2) is 4.98 Å². The van der Waals surface area contributed by atoms with Gasteiger partial charge in [0.05, 0.1) is 19.6 Å². The zero-order valence-corrected chi connectivity index (χ0v) is 14.6. The van der Waals surface area contributed by atoms with Crippen LogP contribution in [0.15, 0.2) is 48.7 Å². The zero-order chi connectivity index (χ0) is 18.4. The summed E-state index contributed by atoms with van der Waals surface area (Å²) in [6.07, 6.45) is 1.81. The predicted octanol–water partition coefficient (Wildman–Crippen LogP) is 1.96. The molecule has 0 saturated carbocycles.